The minimum absolute atomic E-state index is 0.0768. The van der Waals surface area contributed by atoms with Crippen molar-refractivity contribution in [2.24, 2.45) is 22.2 Å². The highest BCUT2D eigenvalue weighted by atomic mass is 33.1. The zero-order chi connectivity index (χ0) is 41.3. The normalized spacial score (nSPS) is 15.8. The van der Waals surface area contributed by atoms with Gasteiger partial charge in [0, 0.05) is 72.2 Å². The van der Waals surface area contributed by atoms with Gasteiger partial charge in [-0.15, -0.1) is 0 Å². The van der Waals surface area contributed by atoms with E-state index in [1.807, 2.05) is 76.2 Å². The zero-order valence-corrected chi connectivity index (χ0v) is 33.9. The molecule has 5 atom stereocenters. The summed E-state index contributed by atoms with van der Waals surface area (Å²) in [6.45, 7) is 0.175. The number of benzene rings is 2. The van der Waals surface area contributed by atoms with E-state index < -0.39 is 47.8 Å². The Bertz CT molecular complexity index is 1980. The Kier molecular flexibility index (Phi) is 16.9. The van der Waals surface area contributed by atoms with Gasteiger partial charge in [-0.25, -0.2) is 4.98 Å². The molecule has 0 radical (unpaired) electrons. The third-order valence-corrected chi connectivity index (χ3v) is 12.8. The van der Waals surface area contributed by atoms with Gasteiger partial charge >= 0.3 is 0 Å². The molecule has 16 nitrogen and oxygen atoms in total. The van der Waals surface area contributed by atoms with Crippen molar-refractivity contribution in [1.82, 2.24) is 36.2 Å². The summed E-state index contributed by atoms with van der Waals surface area (Å²) in [6.07, 6.45) is 9.57. The number of H-pyrrole nitrogens is 2. The van der Waals surface area contributed by atoms with E-state index in [9.17, 15) is 24.0 Å². The average Bonchev–Trinajstić information content (AvgIpc) is 4.01. The number of nitrogens with zero attached hydrogens (tertiary/aromatic N) is 2. The van der Waals surface area contributed by atoms with Crippen LogP contribution in [-0.4, -0.2) is 92.2 Å². The number of unbranched alkanes of at least 4 members (excludes halogenated alkanes) is 1. The molecule has 1 aliphatic rings. The summed E-state index contributed by atoms with van der Waals surface area (Å²) in [5.41, 5.74) is 19.8. The molecule has 3 heterocycles. The van der Waals surface area contributed by atoms with E-state index in [-0.39, 0.29) is 50.5 Å². The molecule has 5 amide bonds. The molecule has 0 aliphatic carbocycles. The van der Waals surface area contributed by atoms with E-state index in [1.54, 1.807) is 12.4 Å². The summed E-state index contributed by atoms with van der Waals surface area (Å²) in [6, 6.07) is 12.2. The first kappa shape index (κ1) is 43.6. The van der Waals surface area contributed by atoms with E-state index in [1.165, 1.54) is 12.7 Å². The first-order valence-electron chi connectivity index (χ1n) is 19.4. The fourth-order valence-electron chi connectivity index (χ4n) is 6.71. The van der Waals surface area contributed by atoms with Gasteiger partial charge in [0.15, 0.2) is 5.96 Å². The Morgan fingerprint density at radius 2 is 1.50 bits per heavy atom. The molecule has 2 aromatic carbocycles. The molecule has 12 N–H and O–H groups in total. The second-order valence-corrected chi connectivity index (χ2v) is 17.1. The van der Waals surface area contributed by atoms with Crippen LogP contribution < -0.4 is 38.5 Å². The number of aliphatic imine (C=N–C) groups is 1. The van der Waals surface area contributed by atoms with E-state index in [2.05, 4.69) is 41.2 Å². The Balaban J connectivity index is 1.31. The number of carbonyl (C=O) groups is 5. The number of rotatable bonds is 23. The number of primary amides is 1. The lowest BCUT2D eigenvalue weighted by Crippen LogP contribution is -2.59. The van der Waals surface area contributed by atoms with Crippen molar-refractivity contribution < 1.29 is 24.0 Å². The first-order chi connectivity index (χ1) is 28.0. The van der Waals surface area contributed by atoms with Crippen LogP contribution in [0.5, 0.6) is 0 Å². The van der Waals surface area contributed by atoms with Gasteiger partial charge in [0.25, 0.3) is 0 Å². The number of guanidine groups is 1. The maximum absolute atomic E-state index is 14.2. The standard InChI is InChI=1S/C40H53N11O5S2/c41-36(53)32(20-26-22-46-30-13-6-5-12-29(26)30)50-37(54)31(14-8-17-45-40(42)43)49-38(55)33(19-25-9-2-1-3-10-25)51-39(56)34(21-27-23-44-24-47-27)48-35(52)15-7-4-11-28-16-18-57-58-28/h1-3,5-6,9-10,12-13,22-24,28,31-34,46H,4,7-8,11,14-21H2,(H2,41,53)(H,44,47)(H,48,52)(H,49,55)(H,50,54)(H,51,56)(H4,42,43,45)/t28?,31-,32-,33+,34-/m0/s1. The number of nitrogens with two attached hydrogens (primary N) is 3. The van der Waals surface area contributed by atoms with Crippen molar-refractivity contribution in [2.75, 3.05) is 12.3 Å². The van der Waals surface area contributed by atoms with Crippen molar-refractivity contribution in [3.8, 4) is 0 Å². The second-order valence-electron chi connectivity index (χ2n) is 14.3. The van der Waals surface area contributed by atoms with Crippen molar-refractivity contribution in [3.05, 3.63) is 90.1 Å². The molecular weight excluding hydrogens is 779 g/mol. The quantitative estimate of drug-likeness (QED) is 0.0227. The van der Waals surface area contributed by atoms with Gasteiger partial charge in [-0.2, -0.15) is 0 Å². The average molecular weight is 832 g/mol. The highest BCUT2D eigenvalue weighted by Crippen LogP contribution is 2.39. The molecule has 4 aromatic rings. The van der Waals surface area contributed by atoms with E-state index >= 15 is 0 Å². The van der Waals surface area contributed by atoms with E-state index in [4.69, 9.17) is 17.2 Å². The molecule has 0 spiro atoms. The molecule has 1 aliphatic heterocycles. The number of nitrogens with one attached hydrogen (secondary N) is 6. The lowest BCUT2D eigenvalue weighted by Gasteiger charge is -2.26. The Morgan fingerprint density at radius 3 is 2.21 bits per heavy atom. The molecule has 5 rings (SSSR count). The number of carbonyl (C=O) groups excluding carboxylic acids is 5. The molecule has 1 saturated heterocycles. The van der Waals surface area contributed by atoms with Gasteiger partial charge in [-0.1, -0.05) is 76.5 Å². The fourth-order valence-corrected chi connectivity index (χ4v) is 9.73. The predicted octanol–water partition coefficient (Wildman–Crippen LogP) is 2.11. The van der Waals surface area contributed by atoms with Gasteiger partial charge in [0.05, 0.1) is 6.33 Å². The molecular formula is C40H53N11O5S2. The van der Waals surface area contributed by atoms with E-state index in [0.29, 0.717) is 23.8 Å². The van der Waals surface area contributed by atoms with Crippen LogP contribution in [0.1, 0.15) is 61.8 Å². The first-order valence-corrected chi connectivity index (χ1v) is 21.8. The molecule has 18 heteroatoms. The number of aromatic nitrogens is 3. The number of amides is 5. The summed E-state index contributed by atoms with van der Waals surface area (Å²) in [7, 11) is 3.79. The maximum Gasteiger partial charge on any atom is 0.243 e. The highest BCUT2D eigenvalue weighted by Gasteiger charge is 2.32. The van der Waals surface area contributed by atoms with Gasteiger partial charge in [0.2, 0.25) is 29.5 Å². The SMILES string of the molecule is NC(=O)[C@H](Cc1c[nH]c2ccccc12)NC(=O)[C@H](CCCN=C(N)N)NC(=O)[C@@H](Cc1ccccc1)NC(=O)[C@H](Cc1cnc[nH]1)NC(=O)CCCCC1CCSS1. The van der Waals surface area contributed by atoms with E-state index in [0.717, 1.165) is 40.6 Å². The zero-order valence-electron chi connectivity index (χ0n) is 32.3. The van der Waals surface area contributed by atoms with Crippen LogP contribution in [0.4, 0.5) is 0 Å². The van der Waals surface area contributed by atoms with Crippen molar-refractivity contribution >= 4 is 68.0 Å². The molecule has 310 valence electrons. The van der Waals surface area contributed by atoms with Gasteiger partial charge in [0.1, 0.15) is 24.2 Å². The number of fused-ring (bicyclic) bond motifs is 1. The van der Waals surface area contributed by atoms with Crippen LogP contribution in [0.3, 0.4) is 0 Å². The number of hydrogen-bond acceptors (Lipinski definition) is 9. The number of para-hydroxylation sites is 1. The number of imidazole rings is 1. The summed E-state index contributed by atoms with van der Waals surface area (Å²) in [5, 5.41) is 12.7. The Morgan fingerprint density at radius 1 is 0.793 bits per heavy atom. The Hall–Kier alpha value is -5.49. The molecule has 1 fully saturated rings. The van der Waals surface area contributed by atoms with Crippen molar-refractivity contribution in [3.63, 3.8) is 0 Å². The highest BCUT2D eigenvalue weighted by molar-refractivity contribution is 8.77. The smallest absolute Gasteiger partial charge is 0.243 e. The van der Waals surface area contributed by atoms with Gasteiger partial charge < -0.3 is 48.4 Å². The molecule has 58 heavy (non-hydrogen) atoms. The second kappa shape index (κ2) is 22.4. The molecule has 2 aromatic heterocycles. The molecule has 1 unspecified atom stereocenters. The Labute approximate surface area is 345 Å². The number of hydrogen-bond donors (Lipinski definition) is 9. The largest absolute Gasteiger partial charge is 0.370 e. The third kappa shape index (κ3) is 13.9. The van der Waals surface area contributed by atoms with Crippen LogP contribution in [-0.2, 0) is 43.2 Å². The van der Waals surface area contributed by atoms with Crippen LogP contribution in [0, 0.1) is 0 Å². The monoisotopic (exact) mass is 831 g/mol. The maximum atomic E-state index is 14.2. The summed E-state index contributed by atoms with van der Waals surface area (Å²) < 4.78 is 0. The minimum atomic E-state index is -1.16. The topological polar surface area (TPSA) is 268 Å². The van der Waals surface area contributed by atoms with Crippen LogP contribution in [0.15, 0.2) is 78.3 Å². The van der Waals surface area contributed by atoms with Gasteiger partial charge in [-0.3, -0.25) is 29.0 Å². The number of aromatic amines is 2. The van der Waals surface area contributed by atoms with Crippen LogP contribution in [0.2, 0.25) is 0 Å². The van der Waals surface area contributed by atoms with Gasteiger partial charge in [-0.05, 0) is 49.3 Å². The minimum Gasteiger partial charge on any atom is -0.370 e. The van der Waals surface area contributed by atoms with Crippen LogP contribution in [0.25, 0.3) is 10.9 Å². The lowest BCUT2D eigenvalue weighted by molar-refractivity contribution is -0.134. The summed E-state index contributed by atoms with van der Waals surface area (Å²) in [5.74, 6) is -1.88. The van der Waals surface area contributed by atoms with Crippen LogP contribution >= 0.6 is 21.6 Å². The predicted molar refractivity (Wildman–Crippen MR) is 228 cm³/mol. The molecule has 0 bridgehead atoms. The van der Waals surface area contributed by atoms with Crippen molar-refractivity contribution in [1.29, 1.82) is 0 Å². The lowest BCUT2D eigenvalue weighted by atomic mass is 10.0. The summed E-state index contributed by atoms with van der Waals surface area (Å²) in [4.78, 5) is 82.3. The fraction of sp³-hybridized carbons (Fsp3) is 0.425. The van der Waals surface area contributed by atoms with Crippen molar-refractivity contribution in [2.45, 2.75) is 93.6 Å². The molecule has 0 saturated carbocycles. The summed E-state index contributed by atoms with van der Waals surface area (Å²) >= 11 is 0. The third-order valence-electron chi connectivity index (χ3n) is 9.79.